The summed E-state index contributed by atoms with van der Waals surface area (Å²) in [5.74, 6) is 0. The Morgan fingerprint density at radius 1 is 1.83 bits per heavy atom. The molecule has 4 nitrogen and oxygen atoms in total. The summed E-state index contributed by atoms with van der Waals surface area (Å²) in [6, 6.07) is 0. The topological polar surface area (TPSA) is 69.6 Å². The maximum Gasteiger partial charge on any atom is 2.00 e. The standard InChI is InChI=1S/CH2O4.Ca/c2-1(3)5-4;/h4H,(H,2,3);/q;+2/p-1. The minimum absolute atomic E-state index is 0. The van der Waals surface area contributed by atoms with Crippen LogP contribution in [0, 0.1) is 0 Å². The zero-order valence-electron chi connectivity index (χ0n) is 2.88. The van der Waals surface area contributed by atoms with Crippen LogP contribution in [0.25, 0.3) is 0 Å². The monoisotopic (exact) mass is 117 g/mol. The van der Waals surface area contributed by atoms with Crippen LogP contribution in [0.15, 0.2) is 0 Å². The predicted octanol–water partition coefficient (Wildman–Crippen LogP) is -1.42. The van der Waals surface area contributed by atoms with Crippen LogP contribution in [-0.4, -0.2) is 49.0 Å². The number of rotatable bonds is 0. The third kappa shape index (κ3) is 8.82. The molecule has 0 atom stereocenters. The molecule has 30 valence electrons. The van der Waals surface area contributed by atoms with Crippen molar-refractivity contribution in [2.45, 2.75) is 0 Å². The van der Waals surface area contributed by atoms with Crippen LogP contribution in [0.2, 0.25) is 0 Å². The van der Waals surface area contributed by atoms with E-state index in [4.69, 9.17) is 15.2 Å². The molecule has 0 amide bonds. The van der Waals surface area contributed by atoms with Crippen LogP contribution < -0.4 is 5.26 Å². The third-order valence-corrected chi connectivity index (χ3v) is 0.0713. The first-order valence-corrected chi connectivity index (χ1v) is 0.799. The molecule has 0 aromatic rings. The van der Waals surface area contributed by atoms with Gasteiger partial charge in [-0.15, -0.1) is 0 Å². The van der Waals surface area contributed by atoms with E-state index >= 15 is 0 Å². The maximum atomic E-state index is 8.83. The molecule has 0 aromatic heterocycles. The van der Waals surface area contributed by atoms with Crippen LogP contribution >= 0.6 is 0 Å². The quantitative estimate of drug-likeness (QED) is 0.240. The maximum absolute atomic E-state index is 8.83. The van der Waals surface area contributed by atoms with Crippen LogP contribution in [0.3, 0.4) is 0 Å². The van der Waals surface area contributed by atoms with E-state index in [1.165, 1.54) is 0 Å². The molecular formula is CHCaO4+. The molecule has 0 bridgehead atoms. The number of carbonyl (C=O) groups is 1. The van der Waals surface area contributed by atoms with Crippen molar-refractivity contribution < 1.29 is 20.0 Å². The molecule has 0 rings (SSSR count). The molecule has 1 N–H and O–H groups in total. The fraction of sp³-hybridized carbons (Fsp3) is 0. The van der Waals surface area contributed by atoms with Crippen molar-refractivity contribution in [1.82, 2.24) is 0 Å². The Kier molecular flexibility index (Phi) is 8.88. The molecule has 0 radical (unpaired) electrons. The second-order valence-electron chi connectivity index (χ2n) is 0.349. The minimum Gasteiger partial charge on any atom is -0.659 e. The van der Waals surface area contributed by atoms with Crippen molar-refractivity contribution in [3.8, 4) is 0 Å². The molecule has 0 spiro atoms. The predicted molar refractivity (Wildman–Crippen MR) is 14.9 cm³/mol. The van der Waals surface area contributed by atoms with Gasteiger partial charge in [-0.1, -0.05) is 0 Å². The van der Waals surface area contributed by atoms with Gasteiger partial charge in [0.05, 0.1) is 0 Å². The Labute approximate surface area is 63.6 Å². The SMILES string of the molecule is O=C(O)O[O-].[Ca+2]. The fourth-order valence-electron chi connectivity index (χ4n) is 0. The fourth-order valence-corrected chi connectivity index (χ4v) is 0. The molecule has 0 saturated carbocycles. The molecule has 0 saturated heterocycles. The van der Waals surface area contributed by atoms with Crippen molar-refractivity contribution in [2.75, 3.05) is 0 Å². The molecule has 5 heteroatoms. The van der Waals surface area contributed by atoms with Crippen molar-refractivity contribution in [3.05, 3.63) is 0 Å². The Morgan fingerprint density at radius 2 is 2.00 bits per heavy atom. The Balaban J connectivity index is 0. The van der Waals surface area contributed by atoms with Gasteiger partial charge in [0.15, 0.2) is 0 Å². The van der Waals surface area contributed by atoms with Crippen LogP contribution in [0.5, 0.6) is 0 Å². The summed E-state index contributed by atoms with van der Waals surface area (Å²) in [5, 5.41) is 15.7. The van der Waals surface area contributed by atoms with Crippen molar-refractivity contribution in [1.29, 1.82) is 0 Å². The first-order valence-electron chi connectivity index (χ1n) is 0.799. The summed E-state index contributed by atoms with van der Waals surface area (Å²) in [4.78, 5) is 11.2. The van der Waals surface area contributed by atoms with E-state index in [2.05, 4.69) is 4.89 Å². The minimum atomic E-state index is -1.80. The zero-order valence-corrected chi connectivity index (χ0v) is 5.09. The smallest absolute Gasteiger partial charge is 0.659 e. The van der Waals surface area contributed by atoms with Crippen molar-refractivity contribution >= 4 is 43.9 Å². The average Bonchev–Trinajstić information content (AvgIpc) is 1.38. The van der Waals surface area contributed by atoms with E-state index in [9.17, 15) is 0 Å². The van der Waals surface area contributed by atoms with Gasteiger partial charge in [-0.3, -0.25) is 0 Å². The van der Waals surface area contributed by atoms with Gasteiger partial charge in [0, 0.05) is 0 Å². The summed E-state index contributed by atoms with van der Waals surface area (Å²) in [5.41, 5.74) is 0. The first kappa shape index (κ1) is 9.70. The molecule has 0 fully saturated rings. The summed E-state index contributed by atoms with van der Waals surface area (Å²) in [6.07, 6.45) is -1.80. The number of hydrogen-bond donors (Lipinski definition) is 1. The summed E-state index contributed by atoms with van der Waals surface area (Å²) < 4.78 is 0. The van der Waals surface area contributed by atoms with Gasteiger partial charge in [-0.25, -0.2) is 4.79 Å². The number of hydrogen-bond acceptors (Lipinski definition) is 3. The van der Waals surface area contributed by atoms with Crippen LogP contribution in [0.1, 0.15) is 0 Å². The average molecular weight is 117 g/mol. The molecule has 6 heavy (non-hydrogen) atoms. The van der Waals surface area contributed by atoms with E-state index < -0.39 is 6.16 Å². The summed E-state index contributed by atoms with van der Waals surface area (Å²) in [7, 11) is 0. The number of carboxylic acid groups (broad SMARTS) is 1. The Morgan fingerprint density at radius 3 is 2.00 bits per heavy atom. The zero-order chi connectivity index (χ0) is 4.28. The van der Waals surface area contributed by atoms with Crippen molar-refractivity contribution in [3.63, 3.8) is 0 Å². The molecule has 0 aliphatic heterocycles. The first-order chi connectivity index (χ1) is 2.27. The molecular weight excluding hydrogens is 116 g/mol. The van der Waals surface area contributed by atoms with E-state index in [0.29, 0.717) is 0 Å². The van der Waals surface area contributed by atoms with E-state index in [1.54, 1.807) is 0 Å². The second-order valence-corrected chi connectivity index (χ2v) is 0.349. The van der Waals surface area contributed by atoms with Crippen molar-refractivity contribution in [2.24, 2.45) is 0 Å². The van der Waals surface area contributed by atoms with Gasteiger partial charge in [0.2, 0.25) is 0 Å². The van der Waals surface area contributed by atoms with Crippen LogP contribution in [0.4, 0.5) is 4.79 Å². The molecule has 0 aromatic carbocycles. The summed E-state index contributed by atoms with van der Waals surface area (Å²) >= 11 is 0. The van der Waals surface area contributed by atoms with E-state index in [-0.39, 0.29) is 37.7 Å². The molecule has 0 unspecified atom stereocenters. The van der Waals surface area contributed by atoms with Gasteiger partial charge in [-0.2, -0.15) is 0 Å². The van der Waals surface area contributed by atoms with Crippen LogP contribution in [-0.2, 0) is 4.89 Å². The largest absolute Gasteiger partial charge is 2.00 e. The van der Waals surface area contributed by atoms with Gasteiger partial charge in [0.25, 0.3) is 0 Å². The molecule has 0 heterocycles. The third-order valence-electron chi connectivity index (χ3n) is 0.0713. The van der Waals surface area contributed by atoms with E-state index in [0.717, 1.165) is 0 Å². The second kappa shape index (κ2) is 5.49. The van der Waals surface area contributed by atoms with Gasteiger partial charge in [0.1, 0.15) is 0 Å². The van der Waals surface area contributed by atoms with E-state index in [1.807, 2.05) is 0 Å². The molecule has 0 aliphatic carbocycles. The Bertz CT molecular complexity index is 42.8. The van der Waals surface area contributed by atoms with Gasteiger partial charge < -0.3 is 15.3 Å². The normalized spacial score (nSPS) is 5.50. The summed E-state index contributed by atoms with van der Waals surface area (Å²) in [6.45, 7) is 0. The molecule has 0 aliphatic rings. The van der Waals surface area contributed by atoms with Gasteiger partial charge >= 0.3 is 43.9 Å². The Hall–Kier alpha value is 0.490. The van der Waals surface area contributed by atoms with Gasteiger partial charge in [-0.05, 0) is 0 Å².